The number of nitrogens with one attached hydrogen (secondary N) is 2. The zero-order chi connectivity index (χ0) is 22.3. The number of halogens is 5. The van der Waals surface area contributed by atoms with Gasteiger partial charge in [-0.1, -0.05) is 12.2 Å². The highest BCUT2D eigenvalue weighted by Crippen LogP contribution is 2.52. The summed E-state index contributed by atoms with van der Waals surface area (Å²) in [4.78, 5) is 30.5. The molecule has 4 unspecified atom stereocenters. The van der Waals surface area contributed by atoms with Gasteiger partial charge in [0.2, 0.25) is 11.8 Å². The molecule has 2 N–H and O–H groups in total. The van der Waals surface area contributed by atoms with Gasteiger partial charge in [-0.25, -0.2) is 17.6 Å². The van der Waals surface area contributed by atoms with Gasteiger partial charge in [-0.3, -0.25) is 19.5 Å². The number of hydrogen-bond acceptors (Lipinski definition) is 3. The summed E-state index contributed by atoms with van der Waals surface area (Å²) in [6.45, 7) is 0.0559. The SMILES string of the molecule is CN=C(NCCCN1C(=O)C2C3C=CC(C3)C2C1=O)NCc1c(F)c(F)cc(F)c1F.I. The van der Waals surface area contributed by atoms with E-state index in [0.717, 1.165) is 6.42 Å². The Morgan fingerprint density at radius 3 is 2.12 bits per heavy atom. The van der Waals surface area contributed by atoms with Crippen LogP contribution >= 0.6 is 24.0 Å². The third kappa shape index (κ3) is 4.23. The summed E-state index contributed by atoms with van der Waals surface area (Å²) in [6.07, 6.45) is 5.39. The third-order valence-corrected chi connectivity index (χ3v) is 6.27. The predicted molar refractivity (Wildman–Crippen MR) is 119 cm³/mol. The maximum absolute atomic E-state index is 13.8. The van der Waals surface area contributed by atoms with E-state index < -0.39 is 35.4 Å². The molecular weight excluding hydrogens is 543 g/mol. The van der Waals surface area contributed by atoms with Crippen molar-refractivity contribution < 1.29 is 27.2 Å². The molecule has 2 aliphatic carbocycles. The molecule has 1 aliphatic heterocycles. The van der Waals surface area contributed by atoms with Crippen LogP contribution in [0, 0.1) is 46.9 Å². The van der Waals surface area contributed by atoms with Crippen molar-refractivity contribution in [3.63, 3.8) is 0 Å². The Morgan fingerprint density at radius 1 is 1.03 bits per heavy atom. The minimum absolute atomic E-state index is 0. The summed E-state index contributed by atoms with van der Waals surface area (Å²) >= 11 is 0. The second-order valence-electron chi connectivity index (χ2n) is 7.98. The molecule has 174 valence electrons. The van der Waals surface area contributed by atoms with Gasteiger partial charge in [-0.05, 0) is 24.7 Å². The molecule has 0 spiro atoms. The van der Waals surface area contributed by atoms with E-state index in [9.17, 15) is 27.2 Å². The molecule has 1 aromatic carbocycles. The smallest absolute Gasteiger partial charge is 0.233 e. The number of likely N-dealkylation sites (tertiary alicyclic amines) is 1. The molecule has 1 saturated heterocycles. The van der Waals surface area contributed by atoms with Crippen LogP contribution in [0.3, 0.4) is 0 Å². The molecule has 1 saturated carbocycles. The average Bonchev–Trinajstić information content (AvgIpc) is 3.43. The molecule has 4 atom stereocenters. The molecule has 0 aromatic heterocycles. The van der Waals surface area contributed by atoms with Crippen LogP contribution in [0.4, 0.5) is 17.6 Å². The van der Waals surface area contributed by atoms with Crippen LogP contribution in [0.25, 0.3) is 0 Å². The summed E-state index contributed by atoms with van der Waals surface area (Å²) in [5.41, 5.74) is -0.775. The summed E-state index contributed by atoms with van der Waals surface area (Å²) in [7, 11) is 1.42. The number of aliphatic imine (C=N–C) groups is 1. The standard InChI is InChI=1S/C21H22F4N4O2.HI/c1-26-21(28-9-12-17(24)13(22)8-14(23)18(12)25)27-5-2-6-29-19(30)15-10-3-4-11(7-10)16(15)20(29)31;/h3-4,8,10-11,15-16H,2,5-7,9H2,1H3,(H2,26,27,28);1H. The molecular formula is C21H23F4IN4O2. The fourth-order valence-electron chi connectivity index (χ4n) is 4.80. The van der Waals surface area contributed by atoms with Gasteiger partial charge < -0.3 is 10.6 Å². The van der Waals surface area contributed by atoms with Crippen molar-refractivity contribution in [1.29, 1.82) is 0 Å². The largest absolute Gasteiger partial charge is 0.356 e. The van der Waals surface area contributed by atoms with Gasteiger partial charge in [-0.2, -0.15) is 0 Å². The molecule has 2 bridgehead atoms. The van der Waals surface area contributed by atoms with Crippen LogP contribution in [0.1, 0.15) is 18.4 Å². The van der Waals surface area contributed by atoms with Crippen molar-refractivity contribution in [3.05, 3.63) is 47.1 Å². The Labute approximate surface area is 199 Å². The first-order valence-corrected chi connectivity index (χ1v) is 10.1. The van der Waals surface area contributed by atoms with E-state index in [1.807, 2.05) is 12.2 Å². The van der Waals surface area contributed by atoms with Gasteiger partial charge in [0.25, 0.3) is 0 Å². The normalized spacial score (nSPS) is 25.9. The lowest BCUT2D eigenvalue weighted by Crippen LogP contribution is -2.40. The van der Waals surface area contributed by atoms with Gasteiger partial charge >= 0.3 is 0 Å². The van der Waals surface area contributed by atoms with Gasteiger partial charge in [0.1, 0.15) is 0 Å². The van der Waals surface area contributed by atoms with E-state index in [-0.39, 0.29) is 78.0 Å². The molecule has 1 heterocycles. The highest BCUT2D eigenvalue weighted by Gasteiger charge is 2.58. The van der Waals surface area contributed by atoms with Crippen LogP contribution in [-0.4, -0.2) is 42.8 Å². The number of nitrogens with zero attached hydrogens (tertiary/aromatic N) is 2. The van der Waals surface area contributed by atoms with Gasteiger partial charge in [0, 0.05) is 38.3 Å². The Kier molecular flexibility index (Phi) is 7.46. The first-order chi connectivity index (χ1) is 14.8. The topological polar surface area (TPSA) is 73.8 Å². The van der Waals surface area contributed by atoms with E-state index in [2.05, 4.69) is 15.6 Å². The monoisotopic (exact) mass is 566 g/mol. The van der Waals surface area contributed by atoms with Crippen LogP contribution < -0.4 is 10.6 Å². The molecule has 3 aliphatic rings. The van der Waals surface area contributed by atoms with Gasteiger partial charge in [-0.15, -0.1) is 24.0 Å². The number of rotatable bonds is 6. The van der Waals surface area contributed by atoms with Crippen LogP contribution in [-0.2, 0) is 16.1 Å². The first kappa shape index (κ1) is 24.5. The zero-order valence-corrected chi connectivity index (χ0v) is 19.5. The summed E-state index contributed by atoms with van der Waals surface area (Å²) in [6, 6.07) is 0.151. The van der Waals surface area contributed by atoms with Gasteiger partial charge in [0.15, 0.2) is 29.2 Å². The lowest BCUT2D eigenvalue weighted by Gasteiger charge is -2.18. The molecule has 0 radical (unpaired) electrons. The second kappa shape index (κ2) is 9.75. The first-order valence-electron chi connectivity index (χ1n) is 10.1. The lowest BCUT2D eigenvalue weighted by molar-refractivity contribution is -0.140. The Morgan fingerprint density at radius 2 is 1.59 bits per heavy atom. The number of hydrogen-bond donors (Lipinski definition) is 2. The zero-order valence-electron chi connectivity index (χ0n) is 17.2. The third-order valence-electron chi connectivity index (χ3n) is 6.27. The van der Waals surface area contributed by atoms with Crippen molar-refractivity contribution >= 4 is 41.8 Å². The number of carbonyl (C=O) groups is 2. The highest BCUT2D eigenvalue weighted by atomic mass is 127. The van der Waals surface area contributed by atoms with Crippen molar-refractivity contribution in [2.75, 3.05) is 20.1 Å². The van der Waals surface area contributed by atoms with Crippen molar-refractivity contribution in [2.45, 2.75) is 19.4 Å². The number of amides is 2. The van der Waals surface area contributed by atoms with Crippen molar-refractivity contribution in [1.82, 2.24) is 15.5 Å². The number of allylic oxidation sites excluding steroid dienone is 2. The highest BCUT2D eigenvalue weighted by molar-refractivity contribution is 14.0. The molecule has 2 amide bonds. The number of carbonyl (C=O) groups excluding carboxylic acids is 2. The number of fused-ring (bicyclic) bond motifs is 5. The average molecular weight is 566 g/mol. The number of guanidine groups is 1. The minimum Gasteiger partial charge on any atom is -0.356 e. The summed E-state index contributed by atoms with van der Waals surface area (Å²) in [5, 5.41) is 5.48. The molecule has 32 heavy (non-hydrogen) atoms. The number of benzene rings is 1. The Bertz CT molecular complexity index is 931. The quantitative estimate of drug-likeness (QED) is 0.0813. The molecule has 11 heteroatoms. The van der Waals surface area contributed by atoms with Crippen LogP contribution in [0.5, 0.6) is 0 Å². The summed E-state index contributed by atoms with van der Waals surface area (Å²) in [5.74, 6) is -6.13. The van der Waals surface area contributed by atoms with E-state index in [1.165, 1.54) is 11.9 Å². The maximum atomic E-state index is 13.8. The van der Waals surface area contributed by atoms with E-state index >= 15 is 0 Å². The summed E-state index contributed by atoms with van der Waals surface area (Å²) < 4.78 is 54.1. The van der Waals surface area contributed by atoms with Crippen molar-refractivity contribution in [2.24, 2.45) is 28.7 Å². The fourth-order valence-corrected chi connectivity index (χ4v) is 4.80. The lowest BCUT2D eigenvalue weighted by atomic mass is 9.85. The fraction of sp³-hybridized carbons (Fsp3) is 0.476. The Balaban J connectivity index is 0.00000289. The number of imide groups is 1. The van der Waals surface area contributed by atoms with E-state index in [0.29, 0.717) is 13.0 Å². The van der Waals surface area contributed by atoms with Crippen LogP contribution in [0.15, 0.2) is 23.2 Å². The van der Waals surface area contributed by atoms with E-state index in [1.54, 1.807) is 0 Å². The molecule has 6 nitrogen and oxygen atoms in total. The van der Waals surface area contributed by atoms with Gasteiger partial charge in [0.05, 0.1) is 11.8 Å². The molecule has 1 aromatic rings. The minimum atomic E-state index is -1.48. The van der Waals surface area contributed by atoms with E-state index in [4.69, 9.17) is 0 Å². The predicted octanol–water partition coefficient (Wildman–Crippen LogP) is 2.72. The Hall–Kier alpha value is -2.18. The van der Waals surface area contributed by atoms with Crippen molar-refractivity contribution in [3.8, 4) is 0 Å². The second-order valence-corrected chi connectivity index (χ2v) is 7.98. The molecule has 2 fully saturated rings. The maximum Gasteiger partial charge on any atom is 0.233 e. The van der Waals surface area contributed by atoms with Crippen LogP contribution in [0.2, 0.25) is 0 Å². The molecule has 4 rings (SSSR count).